The number of hydrogen-bond acceptors (Lipinski definition) is 3. The summed E-state index contributed by atoms with van der Waals surface area (Å²) in [5, 5.41) is 0. The number of nitrogens with zero attached hydrogens (tertiary/aromatic N) is 5. The largest absolute Gasteiger partial charge is 0.332 e. The van der Waals surface area contributed by atoms with Gasteiger partial charge < -0.3 is 4.57 Å². The Hall–Kier alpha value is -3.09. The highest BCUT2D eigenvalue weighted by Crippen LogP contribution is 2.16. The van der Waals surface area contributed by atoms with Crippen LogP contribution in [-0.4, -0.2) is 23.1 Å². The van der Waals surface area contributed by atoms with E-state index in [1.807, 2.05) is 55.8 Å². The summed E-state index contributed by atoms with van der Waals surface area (Å²) in [7, 11) is 1.66. The number of aryl methyl sites for hydroxylation is 4. The van der Waals surface area contributed by atoms with Crippen molar-refractivity contribution in [2.24, 2.45) is 7.05 Å². The molecule has 0 aliphatic carbocycles. The molecule has 0 aliphatic rings. The van der Waals surface area contributed by atoms with Crippen LogP contribution in [0.4, 0.5) is 0 Å². The van der Waals surface area contributed by atoms with E-state index in [4.69, 9.17) is 0 Å². The molecule has 0 amide bonds. The molecule has 4 aromatic rings. The first-order chi connectivity index (χ1) is 12.4. The van der Waals surface area contributed by atoms with Crippen LogP contribution in [0.5, 0.6) is 0 Å². The molecular weight excluding hydrogens is 330 g/mol. The molecule has 0 aliphatic heterocycles. The number of benzene rings is 1. The minimum atomic E-state index is -0.355. The first-order valence-corrected chi connectivity index (χ1v) is 8.66. The Balaban J connectivity index is 2.06. The van der Waals surface area contributed by atoms with E-state index in [1.54, 1.807) is 11.4 Å². The Morgan fingerprint density at radius 3 is 2.50 bits per heavy atom. The molecule has 1 aromatic carbocycles. The third kappa shape index (κ3) is 2.16. The fourth-order valence-electron chi connectivity index (χ4n) is 3.54. The van der Waals surface area contributed by atoms with E-state index in [9.17, 15) is 9.59 Å². The lowest BCUT2D eigenvalue weighted by molar-refractivity contribution is 0.654. The van der Waals surface area contributed by atoms with E-state index in [0.717, 1.165) is 23.4 Å². The Labute approximate surface area is 149 Å². The van der Waals surface area contributed by atoms with Crippen LogP contribution in [0.3, 0.4) is 0 Å². The topological polar surface area (TPSA) is 66.2 Å². The van der Waals surface area contributed by atoms with Crippen LogP contribution in [0.25, 0.3) is 16.9 Å². The van der Waals surface area contributed by atoms with E-state index in [2.05, 4.69) is 4.98 Å². The Morgan fingerprint density at radius 2 is 1.81 bits per heavy atom. The summed E-state index contributed by atoms with van der Waals surface area (Å²) in [5.74, 6) is 0.681. The average molecular weight is 351 g/mol. The van der Waals surface area contributed by atoms with Crippen molar-refractivity contribution in [3.05, 3.63) is 68.1 Å². The molecule has 7 heteroatoms. The third-order valence-corrected chi connectivity index (χ3v) is 5.05. The molecule has 0 radical (unpaired) electrons. The molecule has 134 valence electrons. The van der Waals surface area contributed by atoms with Gasteiger partial charge in [0, 0.05) is 25.5 Å². The molecule has 3 aromatic heterocycles. The lowest BCUT2D eigenvalue weighted by Crippen LogP contribution is -2.39. The van der Waals surface area contributed by atoms with Crippen LogP contribution in [-0.2, 0) is 20.1 Å². The third-order valence-electron chi connectivity index (χ3n) is 5.05. The van der Waals surface area contributed by atoms with E-state index in [0.29, 0.717) is 16.9 Å². The van der Waals surface area contributed by atoms with Crippen LogP contribution in [0, 0.1) is 13.8 Å². The van der Waals surface area contributed by atoms with Crippen LogP contribution in [0.2, 0.25) is 0 Å². The van der Waals surface area contributed by atoms with E-state index in [1.165, 1.54) is 9.13 Å². The molecule has 0 saturated carbocycles. The molecule has 0 saturated heterocycles. The first kappa shape index (κ1) is 16.4. The van der Waals surface area contributed by atoms with Crippen LogP contribution in [0.15, 0.2) is 40.1 Å². The summed E-state index contributed by atoms with van der Waals surface area (Å²) in [5.41, 5.74) is 3.21. The minimum Gasteiger partial charge on any atom is -0.314 e. The van der Waals surface area contributed by atoms with Crippen molar-refractivity contribution in [2.45, 2.75) is 33.9 Å². The second kappa shape index (κ2) is 5.72. The molecule has 7 nitrogen and oxygen atoms in total. The predicted molar refractivity (Wildman–Crippen MR) is 101 cm³/mol. The molecule has 0 N–H and O–H groups in total. The zero-order valence-corrected chi connectivity index (χ0v) is 15.4. The lowest BCUT2D eigenvalue weighted by Gasteiger charge is -2.10. The van der Waals surface area contributed by atoms with Crippen LogP contribution >= 0.6 is 0 Å². The highest BCUT2D eigenvalue weighted by Gasteiger charge is 2.20. The fraction of sp³-hybridized carbons (Fsp3) is 0.316. The Bertz CT molecular complexity index is 1270. The maximum absolute atomic E-state index is 13.2. The van der Waals surface area contributed by atoms with Gasteiger partial charge in [-0.3, -0.25) is 18.3 Å². The van der Waals surface area contributed by atoms with Gasteiger partial charge in [-0.25, -0.2) is 4.79 Å². The van der Waals surface area contributed by atoms with Gasteiger partial charge in [0.05, 0.1) is 6.54 Å². The van der Waals surface area contributed by atoms with Gasteiger partial charge in [0.1, 0.15) is 0 Å². The van der Waals surface area contributed by atoms with E-state index < -0.39 is 0 Å². The monoisotopic (exact) mass is 351 g/mol. The van der Waals surface area contributed by atoms with Crippen molar-refractivity contribution >= 4 is 16.9 Å². The van der Waals surface area contributed by atoms with Gasteiger partial charge in [-0.1, -0.05) is 24.3 Å². The van der Waals surface area contributed by atoms with Gasteiger partial charge in [-0.05, 0) is 31.9 Å². The van der Waals surface area contributed by atoms with Crippen molar-refractivity contribution in [2.75, 3.05) is 0 Å². The van der Waals surface area contributed by atoms with Gasteiger partial charge in [0.25, 0.3) is 5.56 Å². The average Bonchev–Trinajstić information content (AvgIpc) is 3.12. The molecule has 0 unspecified atom stereocenters. The Kier molecular flexibility index (Phi) is 3.61. The molecule has 0 atom stereocenters. The van der Waals surface area contributed by atoms with Crippen molar-refractivity contribution in [3.63, 3.8) is 0 Å². The quantitative estimate of drug-likeness (QED) is 0.566. The number of hydrogen-bond donors (Lipinski definition) is 0. The molecule has 26 heavy (non-hydrogen) atoms. The summed E-state index contributed by atoms with van der Waals surface area (Å²) < 4.78 is 6.56. The zero-order valence-electron chi connectivity index (χ0n) is 15.4. The standard InChI is InChI=1S/C19H21N5O2/c1-5-22-13(3)10-23-15-16(20-18(22)23)21(4)19(26)24(17(15)25)11-14-9-7-6-8-12(14)2/h6-10H,5,11H2,1-4H3. The van der Waals surface area contributed by atoms with Gasteiger partial charge in [-0.15, -0.1) is 0 Å². The van der Waals surface area contributed by atoms with Crippen LogP contribution < -0.4 is 11.2 Å². The lowest BCUT2D eigenvalue weighted by atomic mass is 10.1. The summed E-state index contributed by atoms with van der Waals surface area (Å²) in [6.07, 6.45) is 1.90. The fourth-order valence-corrected chi connectivity index (χ4v) is 3.54. The van der Waals surface area contributed by atoms with Gasteiger partial charge in [0.15, 0.2) is 11.2 Å². The van der Waals surface area contributed by atoms with Crippen molar-refractivity contribution < 1.29 is 0 Å². The smallest absolute Gasteiger partial charge is 0.314 e. The summed E-state index contributed by atoms with van der Waals surface area (Å²) >= 11 is 0. The summed E-state index contributed by atoms with van der Waals surface area (Å²) in [6.45, 7) is 6.98. The predicted octanol–water partition coefficient (Wildman–Crippen LogP) is 1.83. The van der Waals surface area contributed by atoms with Gasteiger partial charge in [-0.2, -0.15) is 4.98 Å². The number of rotatable bonds is 3. The van der Waals surface area contributed by atoms with Gasteiger partial charge in [0.2, 0.25) is 5.78 Å². The SMILES string of the molecule is CCn1c(C)cn2c3c(=O)n(Cc4ccccc4C)c(=O)n(C)c3nc12. The second-order valence-electron chi connectivity index (χ2n) is 6.63. The molecular formula is C19H21N5O2. The van der Waals surface area contributed by atoms with Crippen molar-refractivity contribution in [3.8, 4) is 0 Å². The Morgan fingerprint density at radius 1 is 1.08 bits per heavy atom. The van der Waals surface area contributed by atoms with E-state index in [-0.39, 0.29) is 17.8 Å². The maximum Gasteiger partial charge on any atom is 0.332 e. The molecule has 0 bridgehead atoms. The molecule has 0 fully saturated rings. The van der Waals surface area contributed by atoms with Crippen molar-refractivity contribution in [1.82, 2.24) is 23.1 Å². The van der Waals surface area contributed by atoms with E-state index >= 15 is 0 Å². The molecule has 3 heterocycles. The van der Waals surface area contributed by atoms with Crippen molar-refractivity contribution in [1.29, 1.82) is 0 Å². The number of imidazole rings is 2. The number of aromatic nitrogens is 5. The molecule has 4 rings (SSSR count). The highest BCUT2D eigenvalue weighted by molar-refractivity contribution is 5.75. The first-order valence-electron chi connectivity index (χ1n) is 8.66. The minimum absolute atomic E-state index is 0.245. The second-order valence-corrected chi connectivity index (χ2v) is 6.63. The van der Waals surface area contributed by atoms with Gasteiger partial charge >= 0.3 is 5.69 Å². The molecule has 0 spiro atoms. The summed E-state index contributed by atoms with van der Waals surface area (Å²) in [6, 6.07) is 7.78. The zero-order chi connectivity index (χ0) is 18.6. The normalized spacial score (nSPS) is 11.7. The summed E-state index contributed by atoms with van der Waals surface area (Å²) in [4.78, 5) is 30.6. The maximum atomic E-state index is 13.2. The number of fused-ring (bicyclic) bond motifs is 3. The highest BCUT2D eigenvalue weighted by atomic mass is 16.2. The van der Waals surface area contributed by atoms with Crippen LogP contribution in [0.1, 0.15) is 23.7 Å².